The van der Waals surface area contributed by atoms with Gasteiger partial charge >= 0.3 is 0 Å². The van der Waals surface area contributed by atoms with E-state index in [1.165, 1.54) is 31.4 Å². The minimum atomic E-state index is 0.582. The van der Waals surface area contributed by atoms with Crippen molar-refractivity contribution >= 4 is 11.6 Å². The predicted molar refractivity (Wildman–Crippen MR) is 82.6 cm³/mol. The van der Waals surface area contributed by atoms with Crippen LogP contribution < -0.4 is 5.73 Å². The molecule has 2 nitrogen and oxygen atoms in total. The predicted octanol–water partition coefficient (Wildman–Crippen LogP) is 3.47. The number of hydrogen-bond donors (Lipinski definition) is 1. The number of likely N-dealkylation sites (tertiary alicyclic amines) is 1. The minimum absolute atomic E-state index is 0.582. The molecule has 3 heteroatoms. The van der Waals surface area contributed by atoms with Crippen LogP contribution in [0.5, 0.6) is 0 Å². The molecule has 0 spiro atoms. The lowest BCUT2D eigenvalue weighted by molar-refractivity contribution is 0.0983. The van der Waals surface area contributed by atoms with Crippen LogP contribution in [0, 0.1) is 0 Å². The highest BCUT2D eigenvalue weighted by Gasteiger charge is 2.25. The lowest BCUT2D eigenvalue weighted by Gasteiger charge is -2.40. The van der Waals surface area contributed by atoms with Crippen LogP contribution in [0.3, 0.4) is 0 Å². The summed E-state index contributed by atoms with van der Waals surface area (Å²) in [5.74, 6) is 0. The second-order valence-corrected chi connectivity index (χ2v) is 6.08. The highest BCUT2D eigenvalue weighted by molar-refractivity contribution is 6.30. The molecule has 1 heterocycles. The van der Waals surface area contributed by atoms with Gasteiger partial charge in [0, 0.05) is 17.1 Å². The molecule has 1 saturated heterocycles. The minimum Gasteiger partial charge on any atom is -0.330 e. The highest BCUT2D eigenvalue weighted by Crippen LogP contribution is 2.23. The standard InChI is InChI=1S/C16H25ClN2/c1-13(12-14-5-7-15(17)8-6-14)19-11-3-2-4-16(19)9-10-18/h5-8,13,16H,2-4,9-12,18H2,1H3. The van der Waals surface area contributed by atoms with E-state index in [9.17, 15) is 0 Å². The third-order valence-electron chi connectivity index (χ3n) is 4.18. The van der Waals surface area contributed by atoms with Crippen LogP contribution >= 0.6 is 11.6 Å². The number of piperidine rings is 1. The van der Waals surface area contributed by atoms with E-state index in [-0.39, 0.29) is 0 Å². The van der Waals surface area contributed by atoms with Crippen LogP contribution in [-0.4, -0.2) is 30.1 Å². The van der Waals surface area contributed by atoms with Crippen LogP contribution in [0.1, 0.15) is 38.2 Å². The summed E-state index contributed by atoms with van der Waals surface area (Å²) >= 11 is 5.94. The van der Waals surface area contributed by atoms with Crippen LogP contribution in [-0.2, 0) is 6.42 Å². The number of halogens is 1. The Balaban J connectivity index is 1.96. The quantitative estimate of drug-likeness (QED) is 0.895. The van der Waals surface area contributed by atoms with E-state index in [1.54, 1.807) is 0 Å². The fourth-order valence-electron chi connectivity index (χ4n) is 3.18. The normalized spacial score (nSPS) is 22.4. The van der Waals surface area contributed by atoms with Crippen molar-refractivity contribution < 1.29 is 0 Å². The molecular weight excluding hydrogens is 256 g/mol. The average molecular weight is 281 g/mol. The van der Waals surface area contributed by atoms with Crippen LogP contribution in [0.15, 0.2) is 24.3 Å². The van der Waals surface area contributed by atoms with E-state index in [0.717, 1.165) is 24.4 Å². The molecule has 0 saturated carbocycles. The van der Waals surface area contributed by atoms with Crippen LogP contribution in [0.25, 0.3) is 0 Å². The molecule has 0 aliphatic carbocycles. The summed E-state index contributed by atoms with van der Waals surface area (Å²) in [6.07, 6.45) is 6.21. The summed E-state index contributed by atoms with van der Waals surface area (Å²) in [5.41, 5.74) is 7.12. The molecule has 0 bridgehead atoms. The van der Waals surface area contributed by atoms with Crippen LogP contribution in [0.2, 0.25) is 5.02 Å². The summed E-state index contributed by atoms with van der Waals surface area (Å²) in [4.78, 5) is 2.66. The first-order valence-corrected chi connectivity index (χ1v) is 7.78. The zero-order chi connectivity index (χ0) is 13.7. The maximum atomic E-state index is 5.94. The Labute approximate surface area is 121 Å². The van der Waals surface area contributed by atoms with Crippen molar-refractivity contribution in [1.82, 2.24) is 4.90 Å². The molecule has 2 N–H and O–H groups in total. The number of nitrogens with zero attached hydrogens (tertiary/aromatic N) is 1. The maximum Gasteiger partial charge on any atom is 0.0406 e. The topological polar surface area (TPSA) is 29.3 Å². The first-order valence-electron chi connectivity index (χ1n) is 7.41. The van der Waals surface area contributed by atoms with Crippen molar-refractivity contribution in [3.63, 3.8) is 0 Å². The van der Waals surface area contributed by atoms with Gasteiger partial charge < -0.3 is 5.73 Å². The van der Waals surface area contributed by atoms with Gasteiger partial charge in [-0.2, -0.15) is 0 Å². The molecule has 2 atom stereocenters. The first kappa shape index (κ1) is 14.8. The van der Waals surface area contributed by atoms with E-state index in [4.69, 9.17) is 17.3 Å². The molecule has 1 aromatic carbocycles. The third-order valence-corrected chi connectivity index (χ3v) is 4.44. The smallest absolute Gasteiger partial charge is 0.0406 e. The Morgan fingerprint density at radius 2 is 2.05 bits per heavy atom. The monoisotopic (exact) mass is 280 g/mol. The van der Waals surface area contributed by atoms with Crippen molar-refractivity contribution in [2.75, 3.05) is 13.1 Å². The van der Waals surface area contributed by atoms with Gasteiger partial charge in [-0.3, -0.25) is 4.90 Å². The van der Waals surface area contributed by atoms with Gasteiger partial charge in [-0.15, -0.1) is 0 Å². The third kappa shape index (κ3) is 4.20. The summed E-state index contributed by atoms with van der Waals surface area (Å²) in [7, 11) is 0. The Morgan fingerprint density at radius 1 is 1.32 bits per heavy atom. The summed E-state index contributed by atoms with van der Waals surface area (Å²) in [5, 5.41) is 0.815. The number of nitrogens with two attached hydrogens (primary N) is 1. The van der Waals surface area contributed by atoms with Gasteiger partial charge in [0.15, 0.2) is 0 Å². The van der Waals surface area contributed by atoms with Crippen molar-refractivity contribution in [2.45, 2.75) is 51.1 Å². The first-order chi connectivity index (χ1) is 9.20. The Morgan fingerprint density at radius 3 is 2.74 bits per heavy atom. The molecule has 1 aliphatic heterocycles. The molecule has 0 radical (unpaired) electrons. The fraction of sp³-hybridized carbons (Fsp3) is 0.625. The SMILES string of the molecule is CC(Cc1ccc(Cl)cc1)N1CCCCC1CCN. The molecule has 0 amide bonds. The summed E-state index contributed by atoms with van der Waals surface area (Å²) in [6.45, 7) is 4.36. The van der Waals surface area contributed by atoms with Gasteiger partial charge in [0.05, 0.1) is 0 Å². The lowest BCUT2D eigenvalue weighted by Crippen LogP contribution is -2.46. The molecule has 19 heavy (non-hydrogen) atoms. The van der Waals surface area contributed by atoms with Crippen molar-refractivity contribution in [1.29, 1.82) is 0 Å². The molecule has 1 aromatic rings. The Hall–Kier alpha value is -0.570. The molecule has 2 rings (SSSR count). The van der Waals surface area contributed by atoms with E-state index >= 15 is 0 Å². The molecule has 106 valence electrons. The van der Waals surface area contributed by atoms with E-state index in [1.807, 2.05) is 12.1 Å². The molecule has 0 aromatic heterocycles. The van der Waals surface area contributed by atoms with E-state index in [0.29, 0.717) is 12.1 Å². The van der Waals surface area contributed by atoms with Crippen molar-refractivity contribution in [2.24, 2.45) is 5.73 Å². The fourth-order valence-corrected chi connectivity index (χ4v) is 3.31. The van der Waals surface area contributed by atoms with E-state index in [2.05, 4.69) is 24.0 Å². The van der Waals surface area contributed by atoms with Gasteiger partial charge in [-0.05, 0) is 63.4 Å². The van der Waals surface area contributed by atoms with Gasteiger partial charge in [-0.25, -0.2) is 0 Å². The van der Waals surface area contributed by atoms with Crippen molar-refractivity contribution in [3.05, 3.63) is 34.9 Å². The van der Waals surface area contributed by atoms with E-state index < -0.39 is 0 Å². The molecule has 1 aliphatic rings. The Kier molecular flexibility index (Phi) is 5.68. The number of hydrogen-bond acceptors (Lipinski definition) is 2. The molecule has 2 unspecified atom stereocenters. The number of rotatable bonds is 5. The number of benzene rings is 1. The Bertz CT molecular complexity index is 375. The molecular formula is C16H25ClN2. The van der Waals surface area contributed by atoms with Gasteiger partial charge in [0.1, 0.15) is 0 Å². The second kappa shape index (κ2) is 7.28. The zero-order valence-corrected chi connectivity index (χ0v) is 12.6. The van der Waals surface area contributed by atoms with Crippen molar-refractivity contribution in [3.8, 4) is 0 Å². The van der Waals surface area contributed by atoms with Crippen LogP contribution in [0.4, 0.5) is 0 Å². The van der Waals surface area contributed by atoms with Gasteiger partial charge in [-0.1, -0.05) is 30.2 Å². The van der Waals surface area contributed by atoms with Gasteiger partial charge in [0.25, 0.3) is 0 Å². The summed E-state index contributed by atoms with van der Waals surface area (Å²) in [6, 6.07) is 9.51. The average Bonchev–Trinajstić information content (AvgIpc) is 2.42. The second-order valence-electron chi connectivity index (χ2n) is 5.64. The molecule has 1 fully saturated rings. The lowest BCUT2D eigenvalue weighted by atomic mass is 9.95. The zero-order valence-electron chi connectivity index (χ0n) is 11.8. The highest BCUT2D eigenvalue weighted by atomic mass is 35.5. The largest absolute Gasteiger partial charge is 0.330 e. The maximum absolute atomic E-state index is 5.94. The van der Waals surface area contributed by atoms with Gasteiger partial charge in [0.2, 0.25) is 0 Å². The summed E-state index contributed by atoms with van der Waals surface area (Å²) < 4.78 is 0.